The zero-order chi connectivity index (χ0) is 15.6. The first-order chi connectivity index (χ1) is 9.83. The maximum Gasteiger partial charge on any atom is 0.273 e. The molecule has 0 spiro atoms. The summed E-state index contributed by atoms with van der Waals surface area (Å²) in [5, 5.41) is 7.05. The molecule has 1 amide bonds. The van der Waals surface area contributed by atoms with Crippen LogP contribution in [0.2, 0.25) is 0 Å². The highest BCUT2D eigenvalue weighted by Gasteiger charge is 2.18. The molecule has 1 aromatic heterocycles. The summed E-state index contributed by atoms with van der Waals surface area (Å²) in [6, 6.07) is 9.55. The second kappa shape index (κ2) is 5.69. The first-order valence-corrected chi connectivity index (χ1v) is 6.96. The van der Waals surface area contributed by atoms with Gasteiger partial charge in [0.05, 0.1) is 5.69 Å². The molecule has 1 heterocycles. The number of aromatic nitrogens is 2. The third kappa shape index (κ3) is 3.31. The molecule has 0 bridgehead atoms. The van der Waals surface area contributed by atoms with Gasteiger partial charge in [-0.25, -0.2) is 0 Å². The van der Waals surface area contributed by atoms with E-state index in [2.05, 4.69) is 24.3 Å². The molecule has 112 valence electrons. The van der Waals surface area contributed by atoms with Crippen LogP contribution in [0.4, 0.5) is 5.69 Å². The Morgan fingerprint density at radius 3 is 2.43 bits per heavy atom. The van der Waals surface area contributed by atoms with E-state index in [-0.39, 0.29) is 11.3 Å². The van der Waals surface area contributed by atoms with Gasteiger partial charge in [0, 0.05) is 24.7 Å². The molecule has 0 aliphatic heterocycles. The quantitative estimate of drug-likeness (QED) is 0.905. The van der Waals surface area contributed by atoms with Gasteiger partial charge in [0.15, 0.2) is 0 Å². The standard InChI is InChI=1S/C16H22N4O/c1-11-9-14(20(4)19-11)15(21)18-13-7-5-12(6-8-13)16(2,3)10-17/h5-9H,10,17H2,1-4H3,(H,18,21). The first kappa shape index (κ1) is 15.3. The molecule has 0 fully saturated rings. The summed E-state index contributed by atoms with van der Waals surface area (Å²) >= 11 is 0. The Bertz CT molecular complexity index is 641. The van der Waals surface area contributed by atoms with Crippen LogP contribution in [0.5, 0.6) is 0 Å². The lowest BCUT2D eigenvalue weighted by Crippen LogP contribution is -2.28. The molecule has 0 aliphatic carbocycles. The number of nitrogens with two attached hydrogens (primary N) is 1. The highest BCUT2D eigenvalue weighted by Crippen LogP contribution is 2.23. The van der Waals surface area contributed by atoms with E-state index in [1.54, 1.807) is 17.8 Å². The number of anilines is 1. The number of aryl methyl sites for hydroxylation is 2. The number of nitrogens with one attached hydrogen (secondary N) is 1. The molecule has 2 aromatic rings. The third-order valence-corrected chi connectivity index (χ3v) is 3.67. The highest BCUT2D eigenvalue weighted by molar-refractivity contribution is 6.03. The Morgan fingerprint density at radius 2 is 1.95 bits per heavy atom. The van der Waals surface area contributed by atoms with Gasteiger partial charge in [0.25, 0.3) is 5.91 Å². The summed E-state index contributed by atoms with van der Waals surface area (Å²) in [5.41, 5.74) is 8.98. The molecule has 0 saturated heterocycles. The maximum absolute atomic E-state index is 12.2. The van der Waals surface area contributed by atoms with Gasteiger partial charge in [-0.05, 0) is 30.7 Å². The summed E-state index contributed by atoms with van der Waals surface area (Å²) in [6.07, 6.45) is 0. The number of rotatable bonds is 4. The van der Waals surface area contributed by atoms with Crippen LogP contribution in [0.25, 0.3) is 0 Å². The van der Waals surface area contributed by atoms with Crippen LogP contribution < -0.4 is 11.1 Å². The number of hydrogen-bond donors (Lipinski definition) is 2. The number of carbonyl (C=O) groups excluding carboxylic acids is 1. The van der Waals surface area contributed by atoms with Crippen molar-refractivity contribution in [3.8, 4) is 0 Å². The van der Waals surface area contributed by atoms with Crippen molar-refractivity contribution in [1.29, 1.82) is 0 Å². The third-order valence-electron chi connectivity index (χ3n) is 3.67. The van der Waals surface area contributed by atoms with Crippen molar-refractivity contribution in [3.63, 3.8) is 0 Å². The Hall–Kier alpha value is -2.14. The van der Waals surface area contributed by atoms with Crippen molar-refractivity contribution < 1.29 is 4.79 Å². The number of carbonyl (C=O) groups is 1. The van der Waals surface area contributed by atoms with Crippen LogP contribution in [0.3, 0.4) is 0 Å². The van der Waals surface area contributed by atoms with Gasteiger partial charge in [0.2, 0.25) is 0 Å². The largest absolute Gasteiger partial charge is 0.330 e. The van der Waals surface area contributed by atoms with E-state index in [1.807, 2.05) is 31.2 Å². The summed E-state index contributed by atoms with van der Waals surface area (Å²) in [5.74, 6) is -0.163. The second-order valence-electron chi connectivity index (χ2n) is 5.91. The van der Waals surface area contributed by atoms with E-state index >= 15 is 0 Å². The van der Waals surface area contributed by atoms with Gasteiger partial charge in [0.1, 0.15) is 5.69 Å². The molecule has 2 rings (SSSR count). The van der Waals surface area contributed by atoms with Crippen molar-refractivity contribution >= 4 is 11.6 Å². The predicted octanol–water partition coefficient (Wildman–Crippen LogP) is 2.22. The van der Waals surface area contributed by atoms with Crippen molar-refractivity contribution in [1.82, 2.24) is 9.78 Å². The predicted molar refractivity (Wildman–Crippen MR) is 84.4 cm³/mol. The van der Waals surface area contributed by atoms with Gasteiger partial charge in [-0.1, -0.05) is 26.0 Å². The average molecular weight is 286 g/mol. The van der Waals surface area contributed by atoms with E-state index in [0.29, 0.717) is 12.2 Å². The molecule has 0 atom stereocenters. The molecule has 0 aliphatic rings. The molecule has 3 N–H and O–H groups in total. The topological polar surface area (TPSA) is 72.9 Å². The van der Waals surface area contributed by atoms with Crippen LogP contribution >= 0.6 is 0 Å². The summed E-state index contributed by atoms with van der Waals surface area (Å²) in [7, 11) is 1.76. The fourth-order valence-corrected chi connectivity index (χ4v) is 2.14. The molecule has 0 saturated carbocycles. The lowest BCUT2D eigenvalue weighted by molar-refractivity contribution is 0.101. The second-order valence-corrected chi connectivity index (χ2v) is 5.91. The summed E-state index contributed by atoms with van der Waals surface area (Å²) < 4.78 is 1.58. The first-order valence-electron chi connectivity index (χ1n) is 6.96. The van der Waals surface area contributed by atoms with E-state index in [1.165, 1.54) is 0 Å². The van der Waals surface area contributed by atoms with E-state index in [9.17, 15) is 4.79 Å². The zero-order valence-corrected chi connectivity index (χ0v) is 13.0. The fourth-order valence-electron chi connectivity index (χ4n) is 2.14. The summed E-state index contributed by atoms with van der Waals surface area (Å²) in [4.78, 5) is 12.2. The Morgan fingerprint density at radius 1 is 1.33 bits per heavy atom. The van der Waals surface area contributed by atoms with Crippen molar-refractivity contribution in [3.05, 3.63) is 47.3 Å². The molecule has 1 aromatic carbocycles. The molecule has 5 heteroatoms. The van der Waals surface area contributed by atoms with Crippen LogP contribution in [0.15, 0.2) is 30.3 Å². The molecule has 21 heavy (non-hydrogen) atoms. The molecule has 5 nitrogen and oxygen atoms in total. The highest BCUT2D eigenvalue weighted by atomic mass is 16.2. The van der Waals surface area contributed by atoms with E-state index < -0.39 is 0 Å². The minimum Gasteiger partial charge on any atom is -0.330 e. The molecular formula is C16H22N4O. The minimum absolute atomic E-state index is 0.0678. The number of hydrogen-bond acceptors (Lipinski definition) is 3. The zero-order valence-electron chi connectivity index (χ0n) is 13.0. The van der Waals surface area contributed by atoms with Gasteiger partial charge in [-0.15, -0.1) is 0 Å². The van der Waals surface area contributed by atoms with Gasteiger partial charge < -0.3 is 11.1 Å². The van der Waals surface area contributed by atoms with Crippen molar-refractivity contribution in [2.75, 3.05) is 11.9 Å². The number of benzene rings is 1. The van der Waals surface area contributed by atoms with Crippen LogP contribution in [0, 0.1) is 6.92 Å². The smallest absolute Gasteiger partial charge is 0.273 e. The number of nitrogens with zero attached hydrogens (tertiary/aromatic N) is 2. The lowest BCUT2D eigenvalue weighted by atomic mass is 9.85. The monoisotopic (exact) mass is 286 g/mol. The van der Waals surface area contributed by atoms with Gasteiger partial charge in [-0.3, -0.25) is 9.48 Å². The van der Waals surface area contributed by atoms with Crippen LogP contribution in [0.1, 0.15) is 35.6 Å². The minimum atomic E-state index is -0.163. The Balaban J connectivity index is 2.14. The fraction of sp³-hybridized carbons (Fsp3) is 0.375. The van der Waals surface area contributed by atoms with Crippen LogP contribution in [-0.4, -0.2) is 22.2 Å². The van der Waals surface area contributed by atoms with E-state index in [0.717, 1.165) is 16.9 Å². The van der Waals surface area contributed by atoms with Gasteiger partial charge in [-0.2, -0.15) is 5.10 Å². The van der Waals surface area contributed by atoms with Gasteiger partial charge >= 0.3 is 0 Å². The van der Waals surface area contributed by atoms with Crippen molar-refractivity contribution in [2.24, 2.45) is 12.8 Å². The maximum atomic E-state index is 12.2. The molecule has 0 radical (unpaired) electrons. The molecular weight excluding hydrogens is 264 g/mol. The Labute approximate surface area is 125 Å². The Kier molecular flexibility index (Phi) is 4.14. The summed E-state index contributed by atoms with van der Waals surface area (Å²) in [6.45, 7) is 6.63. The average Bonchev–Trinajstić information content (AvgIpc) is 2.78. The number of amides is 1. The van der Waals surface area contributed by atoms with Crippen molar-refractivity contribution in [2.45, 2.75) is 26.2 Å². The van der Waals surface area contributed by atoms with Crippen LogP contribution in [-0.2, 0) is 12.5 Å². The van der Waals surface area contributed by atoms with E-state index in [4.69, 9.17) is 5.73 Å². The SMILES string of the molecule is Cc1cc(C(=O)Nc2ccc(C(C)(C)CN)cc2)n(C)n1. The normalized spacial score (nSPS) is 11.5. The molecule has 0 unspecified atom stereocenters. The lowest BCUT2D eigenvalue weighted by Gasteiger charge is -2.23.